The summed E-state index contributed by atoms with van der Waals surface area (Å²) in [5.41, 5.74) is 5.31. The summed E-state index contributed by atoms with van der Waals surface area (Å²) < 4.78 is 31.6. The Kier molecular flexibility index (Phi) is 5.50. The molecule has 0 saturated carbocycles. The lowest BCUT2D eigenvalue weighted by Gasteiger charge is -2.31. The number of hydrogen-bond donors (Lipinski definition) is 5. The summed E-state index contributed by atoms with van der Waals surface area (Å²) in [6.45, 7) is 4.74. The van der Waals surface area contributed by atoms with Crippen LogP contribution in [0.2, 0.25) is 0 Å². The minimum Gasteiger partial charge on any atom is -0.370 e. The van der Waals surface area contributed by atoms with Gasteiger partial charge in [0.05, 0.1) is 0 Å². The van der Waals surface area contributed by atoms with Crippen LogP contribution >= 0.6 is 0 Å². The molecule has 1 fully saturated rings. The number of guanidine groups is 1. The van der Waals surface area contributed by atoms with Crippen LogP contribution in [0.25, 0.3) is 0 Å². The fraction of sp³-hybridized carbons (Fsp3) is 0.833. The summed E-state index contributed by atoms with van der Waals surface area (Å²) in [7, 11) is -4.67. The molecule has 0 amide bonds. The molecule has 1 aliphatic heterocycles. The quantitative estimate of drug-likeness (QED) is 0.197. The van der Waals surface area contributed by atoms with E-state index in [9.17, 15) is 0 Å². The van der Waals surface area contributed by atoms with E-state index in [1.54, 1.807) is 0 Å². The van der Waals surface area contributed by atoms with Crippen LogP contribution in [0.4, 0.5) is 0 Å². The first kappa shape index (κ1) is 14.1. The van der Waals surface area contributed by atoms with Crippen LogP contribution in [-0.4, -0.2) is 54.1 Å². The molecule has 1 heterocycles. The molecule has 0 spiro atoms. The first-order valence-corrected chi connectivity index (χ1v) is 5.62. The maximum Gasteiger partial charge on any atom is 0.394 e. The molecule has 1 atom stereocenters. The molecule has 8 nitrogen and oxygen atoms in total. The summed E-state index contributed by atoms with van der Waals surface area (Å²) in [6, 6.07) is 0.456. The average Bonchev–Trinajstić information content (AvgIpc) is 2.00. The maximum absolute atomic E-state index is 8.74. The molecule has 6 N–H and O–H groups in total. The van der Waals surface area contributed by atoms with Gasteiger partial charge in [-0.3, -0.25) is 14.5 Å². The van der Waals surface area contributed by atoms with E-state index in [2.05, 4.69) is 12.2 Å². The second-order valence-electron chi connectivity index (χ2n) is 3.13. The molecule has 1 rings (SSSR count). The van der Waals surface area contributed by atoms with Crippen LogP contribution in [0.15, 0.2) is 0 Å². The van der Waals surface area contributed by atoms with Crippen molar-refractivity contribution in [2.24, 2.45) is 5.73 Å². The molecule has 1 saturated heterocycles. The third kappa shape index (κ3) is 9.41. The Hall–Kier alpha value is -0.900. The molecule has 9 heteroatoms. The van der Waals surface area contributed by atoms with Crippen LogP contribution < -0.4 is 11.1 Å². The zero-order valence-electron chi connectivity index (χ0n) is 8.34. The van der Waals surface area contributed by atoms with Crippen LogP contribution in [0.3, 0.4) is 0 Å². The van der Waals surface area contributed by atoms with E-state index in [4.69, 9.17) is 28.7 Å². The van der Waals surface area contributed by atoms with E-state index in [1.807, 2.05) is 4.90 Å². The second kappa shape index (κ2) is 5.85. The number of nitrogens with one attached hydrogen (secondary N) is 2. The van der Waals surface area contributed by atoms with Crippen molar-refractivity contribution in [2.45, 2.75) is 13.0 Å². The molecule has 0 radical (unpaired) electrons. The Bertz CT molecular complexity index is 296. The number of piperazine rings is 1. The third-order valence-corrected chi connectivity index (χ3v) is 1.71. The number of nitrogens with two attached hydrogens (primary N) is 1. The summed E-state index contributed by atoms with van der Waals surface area (Å²) >= 11 is 0. The average molecular weight is 240 g/mol. The minimum absolute atomic E-state index is 0.188. The third-order valence-electron chi connectivity index (χ3n) is 1.71. The number of nitrogens with zero attached hydrogens (tertiary/aromatic N) is 1. The summed E-state index contributed by atoms with van der Waals surface area (Å²) in [5, 5.41) is 10.4. The van der Waals surface area contributed by atoms with Crippen molar-refractivity contribution < 1.29 is 17.5 Å². The molecule has 0 aromatic rings. The highest BCUT2D eigenvalue weighted by molar-refractivity contribution is 7.79. The van der Waals surface area contributed by atoms with E-state index in [0.29, 0.717) is 6.04 Å². The summed E-state index contributed by atoms with van der Waals surface area (Å²) in [5.74, 6) is 0.188. The van der Waals surface area contributed by atoms with Gasteiger partial charge in [-0.15, -0.1) is 0 Å². The first-order valence-electron chi connectivity index (χ1n) is 4.22. The molecule has 1 unspecified atom stereocenters. The highest BCUT2D eigenvalue weighted by atomic mass is 32.3. The Balaban J connectivity index is 0.000000336. The number of hydrogen-bond acceptors (Lipinski definition) is 4. The first-order chi connectivity index (χ1) is 6.70. The lowest BCUT2D eigenvalue weighted by Crippen LogP contribution is -2.53. The largest absolute Gasteiger partial charge is 0.394 e. The lowest BCUT2D eigenvalue weighted by molar-refractivity contribution is 0.299. The predicted octanol–water partition coefficient (Wildman–Crippen LogP) is -1.48. The van der Waals surface area contributed by atoms with Gasteiger partial charge in [0.1, 0.15) is 0 Å². The van der Waals surface area contributed by atoms with Gasteiger partial charge in [-0.1, -0.05) is 0 Å². The van der Waals surface area contributed by atoms with Crippen LogP contribution in [-0.2, 0) is 10.4 Å². The van der Waals surface area contributed by atoms with E-state index >= 15 is 0 Å². The van der Waals surface area contributed by atoms with Crippen LogP contribution in [0.5, 0.6) is 0 Å². The maximum atomic E-state index is 8.74. The highest BCUT2D eigenvalue weighted by Gasteiger charge is 2.15. The van der Waals surface area contributed by atoms with Gasteiger partial charge < -0.3 is 16.0 Å². The monoisotopic (exact) mass is 240 g/mol. The summed E-state index contributed by atoms with van der Waals surface area (Å²) in [6.07, 6.45) is 0. The van der Waals surface area contributed by atoms with E-state index in [0.717, 1.165) is 19.6 Å². The minimum atomic E-state index is -4.67. The molecule has 0 aliphatic carbocycles. The molecule has 15 heavy (non-hydrogen) atoms. The number of rotatable bonds is 0. The Morgan fingerprint density at radius 1 is 1.60 bits per heavy atom. The van der Waals surface area contributed by atoms with Crippen molar-refractivity contribution in [3.8, 4) is 0 Å². The normalized spacial score (nSPS) is 21.5. The van der Waals surface area contributed by atoms with Gasteiger partial charge in [-0.05, 0) is 6.92 Å². The Morgan fingerprint density at radius 2 is 2.07 bits per heavy atom. The second-order valence-corrected chi connectivity index (χ2v) is 4.03. The molecule has 1 aliphatic rings. The zero-order chi connectivity index (χ0) is 12.1. The Labute approximate surface area is 88.5 Å². The SMILES string of the molecule is CC1CN(C(=N)N)CCN1.O=S(=O)(O)O. The lowest BCUT2D eigenvalue weighted by atomic mass is 10.2. The molecule has 90 valence electrons. The summed E-state index contributed by atoms with van der Waals surface area (Å²) in [4.78, 5) is 1.88. The van der Waals surface area contributed by atoms with Crippen molar-refractivity contribution in [1.29, 1.82) is 5.41 Å². The van der Waals surface area contributed by atoms with Gasteiger partial charge in [0.25, 0.3) is 0 Å². The molecule has 0 aromatic carbocycles. The fourth-order valence-electron chi connectivity index (χ4n) is 1.15. The van der Waals surface area contributed by atoms with Crippen molar-refractivity contribution in [3.05, 3.63) is 0 Å². The molecular weight excluding hydrogens is 224 g/mol. The standard InChI is InChI=1S/C6H14N4.H2O4S/c1-5-4-10(6(7)8)3-2-9-5;1-5(2,3)4/h5,9H,2-4H2,1H3,(H3,7,8);(H2,1,2,3,4). The van der Waals surface area contributed by atoms with Crippen molar-refractivity contribution >= 4 is 16.4 Å². The topological polar surface area (TPSA) is 140 Å². The van der Waals surface area contributed by atoms with Crippen molar-refractivity contribution in [1.82, 2.24) is 10.2 Å². The van der Waals surface area contributed by atoms with Gasteiger partial charge >= 0.3 is 10.4 Å². The van der Waals surface area contributed by atoms with Crippen LogP contribution in [0.1, 0.15) is 6.92 Å². The van der Waals surface area contributed by atoms with Gasteiger partial charge in [0.15, 0.2) is 5.96 Å². The predicted molar refractivity (Wildman–Crippen MR) is 55.1 cm³/mol. The Morgan fingerprint density at radius 3 is 2.33 bits per heavy atom. The van der Waals surface area contributed by atoms with Crippen LogP contribution in [0, 0.1) is 5.41 Å². The van der Waals surface area contributed by atoms with E-state index < -0.39 is 10.4 Å². The smallest absolute Gasteiger partial charge is 0.370 e. The van der Waals surface area contributed by atoms with Crippen molar-refractivity contribution in [3.63, 3.8) is 0 Å². The van der Waals surface area contributed by atoms with Gasteiger partial charge in [-0.25, -0.2) is 0 Å². The van der Waals surface area contributed by atoms with Gasteiger partial charge in [0.2, 0.25) is 0 Å². The highest BCUT2D eigenvalue weighted by Crippen LogP contribution is 1.95. The van der Waals surface area contributed by atoms with E-state index in [1.165, 1.54) is 0 Å². The van der Waals surface area contributed by atoms with Gasteiger partial charge in [0, 0.05) is 25.7 Å². The van der Waals surface area contributed by atoms with Crippen molar-refractivity contribution in [2.75, 3.05) is 19.6 Å². The molecule has 0 aromatic heterocycles. The molecule has 0 bridgehead atoms. The van der Waals surface area contributed by atoms with E-state index in [-0.39, 0.29) is 5.96 Å². The van der Waals surface area contributed by atoms with Gasteiger partial charge in [-0.2, -0.15) is 8.42 Å². The molecular formula is C6H16N4O4S. The zero-order valence-corrected chi connectivity index (χ0v) is 9.16. The fourth-order valence-corrected chi connectivity index (χ4v) is 1.15.